The lowest BCUT2D eigenvalue weighted by Crippen LogP contribution is -2.14. The van der Waals surface area contributed by atoms with Crippen molar-refractivity contribution in [1.29, 1.82) is 0 Å². The Morgan fingerprint density at radius 2 is 2.00 bits per heavy atom. The summed E-state index contributed by atoms with van der Waals surface area (Å²) in [6.07, 6.45) is 4.03. The third kappa shape index (κ3) is 2.99. The average molecular weight is 189 g/mol. The van der Waals surface area contributed by atoms with E-state index in [-0.39, 0.29) is 9.52 Å². The zero-order valence-corrected chi connectivity index (χ0v) is 9.42. The maximum atomic E-state index is 10.3. The van der Waals surface area contributed by atoms with Gasteiger partial charge >= 0.3 is 0 Å². The summed E-state index contributed by atoms with van der Waals surface area (Å²) in [6, 6.07) is 7.72. The molecule has 2 heteroatoms. The Kier molecular flexibility index (Phi) is 3.64. The minimum Gasteiger partial charge on any atom is -0.285 e. The molecule has 1 radical (unpaired) electrons. The SMILES string of the molecule is C/C=C(\C)[SiH2]c1ccc([C]=O)cc1. The molecule has 0 saturated heterocycles. The highest BCUT2D eigenvalue weighted by Gasteiger charge is 1.95. The van der Waals surface area contributed by atoms with Crippen LogP contribution in [0, 0.1) is 0 Å². The average Bonchev–Trinajstić information content (AvgIpc) is 2.19. The maximum absolute atomic E-state index is 10.3. The monoisotopic (exact) mass is 189 g/mol. The summed E-state index contributed by atoms with van der Waals surface area (Å²) in [5.41, 5.74) is 0.635. The second kappa shape index (κ2) is 4.77. The zero-order valence-electron chi connectivity index (χ0n) is 8.00. The van der Waals surface area contributed by atoms with Crippen LogP contribution in [0.5, 0.6) is 0 Å². The van der Waals surface area contributed by atoms with Crippen LogP contribution >= 0.6 is 0 Å². The van der Waals surface area contributed by atoms with Gasteiger partial charge in [-0.05, 0) is 13.8 Å². The summed E-state index contributed by atoms with van der Waals surface area (Å²) in [5, 5.41) is 2.84. The topological polar surface area (TPSA) is 17.1 Å². The van der Waals surface area contributed by atoms with E-state index >= 15 is 0 Å². The van der Waals surface area contributed by atoms with Gasteiger partial charge in [-0.1, -0.05) is 40.7 Å². The van der Waals surface area contributed by atoms with Gasteiger partial charge in [-0.25, -0.2) is 0 Å². The summed E-state index contributed by atoms with van der Waals surface area (Å²) in [6.45, 7) is 4.22. The van der Waals surface area contributed by atoms with Crippen molar-refractivity contribution in [3.63, 3.8) is 0 Å². The van der Waals surface area contributed by atoms with Gasteiger partial charge in [-0.15, -0.1) is 0 Å². The first-order chi connectivity index (χ1) is 6.26. The second-order valence-electron chi connectivity index (χ2n) is 3.11. The Bertz CT molecular complexity index is 311. The molecule has 0 fully saturated rings. The van der Waals surface area contributed by atoms with Crippen LogP contribution in [0.25, 0.3) is 0 Å². The molecule has 0 atom stereocenters. The van der Waals surface area contributed by atoms with Gasteiger partial charge in [0.2, 0.25) is 6.29 Å². The van der Waals surface area contributed by atoms with Crippen LogP contribution in [0.2, 0.25) is 0 Å². The van der Waals surface area contributed by atoms with Gasteiger partial charge in [0.1, 0.15) is 0 Å². The highest BCUT2D eigenvalue weighted by molar-refractivity contribution is 6.60. The summed E-state index contributed by atoms with van der Waals surface area (Å²) in [4.78, 5) is 10.3. The first-order valence-corrected chi connectivity index (χ1v) is 5.76. The van der Waals surface area contributed by atoms with E-state index in [2.05, 4.69) is 19.9 Å². The third-order valence-electron chi connectivity index (χ3n) is 2.05. The molecule has 0 aromatic heterocycles. The lowest BCUT2D eigenvalue weighted by atomic mass is 10.2. The minimum atomic E-state index is -0.279. The largest absolute Gasteiger partial charge is 0.285 e. The molecule has 67 valence electrons. The van der Waals surface area contributed by atoms with Crippen molar-refractivity contribution in [2.75, 3.05) is 0 Å². The fourth-order valence-corrected chi connectivity index (χ4v) is 2.43. The van der Waals surface area contributed by atoms with Gasteiger partial charge < -0.3 is 0 Å². The molecule has 1 rings (SSSR count). The van der Waals surface area contributed by atoms with Crippen molar-refractivity contribution in [1.82, 2.24) is 0 Å². The molecule has 0 aliphatic carbocycles. The van der Waals surface area contributed by atoms with Crippen molar-refractivity contribution in [3.8, 4) is 0 Å². The van der Waals surface area contributed by atoms with Crippen LogP contribution < -0.4 is 5.19 Å². The van der Waals surface area contributed by atoms with E-state index in [1.807, 2.05) is 30.6 Å². The molecule has 1 aromatic carbocycles. The molecule has 1 aromatic rings. The Labute approximate surface area is 81.3 Å². The Balaban J connectivity index is 2.75. The van der Waals surface area contributed by atoms with Crippen LogP contribution in [0.3, 0.4) is 0 Å². The number of hydrogen-bond donors (Lipinski definition) is 0. The van der Waals surface area contributed by atoms with E-state index in [1.54, 1.807) is 0 Å². The quantitative estimate of drug-likeness (QED) is 0.645. The summed E-state index contributed by atoms with van der Waals surface area (Å²) in [7, 11) is -0.279. The number of allylic oxidation sites excluding steroid dienone is 2. The molecular weight excluding hydrogens is 176 g/mol. The van der Waals surface area contributed by atoms with E-state index in [4.69, 9.17) is 0 Å². The van der Waals surface area contributed by atoms with Crippen LogP contribution in [-0.4, -0.2) is 15.8 Å². The Morgan fingerprint density at radius 1 is 1.38 bits per heavy atom. The number of rotatable bonds is 3. The van der Waals surface area contributed by atoms with Gasteiger partial charge in [0.05, 0.1) is 9.52 Å². The minimum absolute atomic E-state index is 0.279. The molecule has 0 bridgehead atoms. The molecule has 0 heterocycles. The fourth-order valence-electron chi connectivity index (χ4n) is 1.11. The van der Waals surface area contributed by atoms with E-state index in [1.165, 1.54) is 10.4 Å². The van der Waals surface area contributed by atoms with Crippen LogP contribution in [0.15, 0.2) is 35.5 Å². The van der Waals surface area contributed by atoms with Crippen molar-refractivity contribution >= 4 is 21.0 Å². The van der Waals surface area contributed by atoms with Crippen molar-refractivity contribution < 1.29 is 4.79 Å². The number of hydrogen-bond acceptors (Lipinski definition) is 1. The van der Waals surface area contributed by atoms with E-state index in [9.17, 15) is 4.79 Å². The van der Waals surface area contributed by atoms with Gasteiger partial charge in [0.15, 0.2) is 0 Å². The molecular formula is C11H13OSi. The van der Waals surface area contributed by atoms with Crippen molar-refractivity contribution in [3.05, 3.63) is 41.1 Å². The zero-order chi connectivity index (χ0) is 9.68. The molecule has 13 heavy (non-hydrogen) atoms. The first-order valence-electron chi connectivity index (χ1n) is 4.35. The lowest BCUT2D eigenvalue weighted by Gasteiger charge is -1.99. The number of carbonyl (C=O) groups excluding carboxylic acids is 1. The molecule has 0 unspecified atom stereocenters. The van der Waals surface area contributed by atoms with Crippen LogP contribution in [0.4, 0.5) is 0 Å². The molecule has 0 spiro atoms. The molecule has 0 amide bonds. The molecule has 0 saturated carbocycles. The van der Waals surface area contributed by atoms with Crippen molar-refractivity contribution in [2.45, 2.75) is 13.8 Å². The van der Waals surface area contributed by atoms with Gasteiger partial charge in [0, 0.05) is 5.56 Å². The predicted molar refractivity (Wildman–Crippen MR) is 58.8 cm³/mol. The van der Waals surface area contributed by atoms with Gasteiger partial charge in [-0.2, -0.15) is 0 Å². The van der Waals surface area contributed by atoms with Crippen molar-refractivity contribution in [2.24, 2.45) is 0 Å². The van der Waals surface area contributed by atoms with Gasteiger partial charge in [0.25, 0.3) is 0 Å². The molecule has 0 aliphatic heterocycles. The highest BCUT2D eigenvalue weighted by Crippen LogP contribution is 1.94. The Morgan fingerprint density at radius 3 is 2.46 bits per heavy atom. The van der Waals surface area contributed by atoms with E-state index in [0.29, 0.717) is 5.56 Å². The maximum Gasteiger partial charge on any atom is 0.233 e. The first kappa shape index (κ1) is 9.93. The highest BCUT2D eigenvalue weighted by atomic mass is 28.2. The predicted octanol–water partition coefficient (Wildman–Crippen LogP) is 0.862. The van der Waals surface area contributed by atoms with E-state index in [0.717, 1.165) is 0 Å². The summed E-state index contributed by atoms with van der Waals surface area (Å²) < 4.78 is 0. The second-order valence-corrected chi connectivity index (χ2v) is 5.40. The Hall–Kier alpha value is -1.15. The molecule has 0 N–H and O–H groups in total. The fraction of sp³-hybridized carbons (Fsp3) is 0.182. The van der Waals surface area contributed by atoms with Gasteiger partial charge in [-0.3, -0.25) is 4.79 Å². The normalized spacial score (nSPS) is 12.3. The summed E-state index contributed by atoms with van der Waals surface area (Å²) in [5.74, 6) is 0. The number of benzene rings is 1. The van der Waals surface area contributed by atoms with Crippen LogP contribution in [0.1, 0.15) is 19.4 Å². The van der Waals surface area contributed by atoms with Crippen LogP contribution in [-0.2, 0) is 4.79 Å². The molecule has 0 aliphatic rings. The van der Waals surface area contributed by atoms with E-state index < -0.39 is 0 Å². The lowest BCUT2D eigenvalue weighted by molar-refractivity contribution is 0.563. The standard InChI is InChI=1S/C11H13OSi/c1-3-9(2)13-11-6-4-10(8-12)5-7-11/h3-7H,13H2,1-2H3/b9-3+. The third-order valence-corrected chi connectivity index (χ3v) is 3.89. The summed E-state index contributed by atoms with van der Waals surface area (Å²) >= 11 is 0. The smallest absolute Gasteiger partial charge is 0.233 e. The molecule has 1 nitrogen and oxygen atoms in total.